The molecule has 0 N–H and O–H groups in total. The molecule has 1 fully saturated rings. The Morgan fingerprint density at radius 3 is 2.64 bits per heavy atom. The van der Waals surface area contributed by atoms with Crippen molar-refractivity contribution in [2.45, 2.75) is 75.4 Å². The minimum Gasteiger partial charge on any atom is -0.460 e. The third-order valence-corrected chi connectivity index (χ3v) is 6.84. The molecular weight excluding hydrogens is 398 g/mol. The zero-order valence-electron chi connectivity index (χ0n) is 16.9. The number of carbonyl (C=O) groups is 1. The summed E-state index contributed by atoms with van der Waals surface area (Å²) in [5, 5.41) is 0. The Bertz CT molecular complexity index is 838. The predicted octanol–water partition coefficient (Wildman–Crippen LogP) is 4.05. The third-order valence-electron chi connectivity index (χ3n) is 4.05. The third kappa shape index (κ3) is 5.83. The molecule has 154 valence electrons. The summed E-state index contributed by atoms with van der Waals surface area (Å²) in [5.74, 6) is -0.841. The van der Waals surface area contributed by atoms with Crippen molar-refractivity contribution >= 4 is 38.3 Å². The second-order valence-electron chi connectivity index (χ2n) is 8.37. The number of hydrogen-bond acceptors (Lipinski definition) is 7. The Morgan fingerprint density at radius 1 is 1.29 bits per heavy atom. The predicted molar refractivity (Wildman–Crippen MR) is 110 cm³/mol. The van der Waals surface area contributed by atoms with Crippen molar-refractivity contribution in [3.05, 3.63) is 24.3 Å². The van der Waals surface area contributed by atoms with E-state index in [-0.39, 0.29) is 24.6 Å². The van der Waals surface area contributed by atoms with Gasteiger partial charge >= 0.3 is 5.97 Å². The highest BCUT2D eigenvalue weighted by atomic mass is 32.2. The van der Waals surface area contributed by atoms with Crippen LogP contribution in [0, 0.1) is 0 Å². The van der Waals surface area contributed by atoms with Crippen molar-refractivity contribution in [3.63, 3.8) is 0 Å². The van der Waals surface area contributed by atoms with Crippen LogP contribution in [0.3, 0.4) is 0 Å². The molecule has 1 aliphatic rings. The van der Waals surface area contributed by atoms with E-state index >= 15 is 0 Å². The van der Waals surface area contributed by atoms with Crippen molar-refractivity contribution in [2.24, 2.45) is 0 Å². The summed E-state index contributed by atoms with van der Waals surface area (Å²) < 4.78 is 31.7. The highest BCUT2D eigenvalue weighted by Crippen LogP contribution is 2.31. The van der Waals surface area contributed by atoms with Crippen molar-refractivity contribution in [3.8, 4) is 0 Å². The minimum absolute atomic E-state index is 0.147. The molecule has 8 heteroatoms. The van der Waals surface area contributed by atoms with Gasteiger partial charge in [-0.2, -0.15) is 0 Å². The maximum Gasteiger partial charge on any atom is 0.308 e. The number of nitrogens with zero attached hydrogens (tertiary/aromatic N) is 1. The highest BCUT2D eigenvalue weighted by Gasteiger charge is 2.38. The number of aromatic nitrogens is 1. The van der Waals surface area contributed by atoms with Crippen LogP contribution in [0.25, 0.3) is 10.2 Å². The van der Waals surface area contributed by atoms with E-state index in [4.69, 9.17) is 14.2 Å². The molecule has 3 atom stereocenters. The van der Waals surface area contributed by atoms with Gasteiger partial charge in [0.15, 0.2) is 10.1 Å². The molecule has 1 saturated heterocycles. The SMILES string of the molecule is CC(C)(C)OC(=O)C[C@H]1C[C@@H](CS(=O)c2nc3ccccc3s2)OC(C)(C)O1. The standard InChI is InChI=1S/C20H27NO5S2/c1-19(2,3)26-17(22)11-13-10-14(25-20(4,5)24-13)12-28(23)18-21-15-8-6-7-9-16(15)27-18/h6-9,13-14H,10-12H2,1-5H3/t13-,14+,28?/m1/s1. The number of hydrogen-bond donors (Lipinski definition) is 0. The largest absolute Gasteiger partial charge is 0.460 e. The first-order chi connectivity index (χ1) is 13.0. The fraction of sp³-hybridized carbons (Fsp3) is 0.600. The van der Waals surface area contributed by atoms with Gasteiger partial charge in [-0.25, -0.2) is 4.98 Å². The Balaban J connectivity index is 1.65. The normalized spacial score (nSPS) is 23.5. The van der Waals surface area contributed by atoms with Crippen molar-refractivity contribution in [2.75, 3.05) is 5.75 Å². The molecule has 6 nitrogen and oxygen atoms in total. The Morgan fingerprint density at radius 2 is 1.96 bits per heavy atom. The van der Waals surface area contributed by atoms with E-state index in [1.54, 1.807) is 0 Å². The smallest absolute Gasteiger partial charge is 0.308 e. The zero-order chi connectivity index (χ0) is 20.5. The van der Waals surface area contributed by atoms with E-state index in [2.05, 4.69) is 4.98 Å². The van der Waals surface area contributed by atoms with Gasteiger partial charge in [0.05, 0.1) is 45.4 Å². The number of fused-ring (bicyclic) bond motifs is 1. The lowest BCUT2D eigenvalue weighted by Gasteiger charge is -2.40. The van der Waals surface area contributed by atoms with Gasteiger partial charge in [0.1, 0.15) is 5.60 Å². The second-order valence-corrected chi connectivity index (χ2v) is 11.1. The fourth-order valence-corrected chi connectivity index (χ4v) is 5.63. The van der Waals surface area contributed by atoms with Crippen LogP contribution >= 0.6 is 11.3 Å². The minimum atomic E-state index is -1.28. The summed E-state index contributed by atoms with van der Waals surface area (Å²) >= 11 is 1.44. The molecule has 0 aliphatic carbocycles. The Labute approximate surface area is 172 Å². The highest BCUT2D eigenvalue weighted by molar-refractivity contribution is 7.87. The first-order valence-corrected chi connectivity index (χ1v) is 11.5. The summed E-state index contributed by atoms with van der Waals surface area (Å²) in [7, 11) is -1.28. The number of benzene rings is 1. The Hall–Kier alpha value is -1.35. The summed E-state index contributed by atoms with van der Waals surface area (Å²) in [4.78, 5) is 16.7. The lowest BCUT2D eigenvalue weighted by molar-refractivity contribution is -0.295. The van der Waals surface area contributed by atoms with E-state index in [1.165, 1.54) is 11.3 Å². The molecule has 1 aromatic heterocycles. The molecule has 0 spiro atoms. The average Bonchev–Trinajstić information content (AvgIpc) is 2.95. The van der Waals surface area contributed by atoms with Gasteiger partial charge in [0.2, 0.25) is 0 Å². The van der Waals surface area contributed by atoms with Gasteiger partial charge in [-0.05, 0) is 46.8 Å². The Kier molecular flexibility index (Phi) is 6.24. The van der Waals surface area contributed by atoms with Crippen LogP contribution in [0.15, 0.2) is 28.6 Å². The second kappa shape index (κ2) is 8.18. The molecule has 0 bridgehead atoms. The van der Waals surface area contributed by atoms with Crippen LogP contribution in [0.5, 0.6) is 0 Å². The van der Waals surface area contributed by atoms with Crippen LogP contribution in [0.4, 0.5) is 0 Å². The van der Waals surface area contributed by atoms with Gasteiger partial charge < -0.3 is 14.2 Å². The summed E-state index contributed by atoms with van der Waals surface area (Å²) in [6.07, 6.45) is 0.00758. The zero-order valence-corrected chi connectivity index (χ0v) is 18.5. The fourth-order valence-electron chi connectivity index (χ4n) is 3.20. The molecule has 1 unspecified atom stereocenters. The summed E-state index contributed by atoms with van der Waals surface area (Å²) in [6, 6.07) is 7.74. The first-order valence-electron chi connectivity index (χ1n) is 9.32. The molecule has 2 aromatic rings. The maximum absolute atomic E-state index is 12.9. The number of ether oxygens (including phenoxy) is 3. The van der Waals surface area contributed by atoms with Gasteiger partial charge in [-0.15, -0.1) is 11.3 Å². The molecule has 1 aliphatic heterocycles. The number of rotatable bonds is 5. The monoisotopic (exact) mass is 425 g/mol. The molecule has 3 rings (SSSR count). The number of para-hydroxylation sites is 1. The summed E-state index contributed by atoms with van der Waals surface area (Å²) in [6.45, 7) is 9.13. The molecule has 0 amide bonds. The van der Waals surface area contributed by atoms with Crippen molar-refractivity contribution < 1.29 is 23.2 Å². The maximum atomic E-state index is 12.9. The first kappa shape index (κ1) is 21.4. The quantitative estimate of drug-likeness (QED) is 0.673. The van der Waals surface area contributed by atoms with Crippen LogP contribution < -0.4 is 0 Å². The van der Waals surface area contributed by atoms with Crippen LogP contribution in [-0.2, 0) is 29.8 Å². The van der Waals surface area contributed by atoms with E-state index in [0.717, 1.165) is 10.2 Å². The van der Waals surface area contributed by atoms with Crippen molar-refractivity contribution in [1.82, 2.24) is 4.98 Å². The molecule has 0 radical (unpaired) electrons. The molecule has 28 heavy (non-hydrogen) atoms. The summed E-state index contributed by atoms with van der Waals surface area (Å²) in [5.41, 5.74) is 0.317. The van der Waals surface area contributed by atoms with Crippen LogP contribution in [0.2, 0.25) is 0 Å². The van der Waals surface area contributed by atoms with Gasteiger partial charge in [0.25, 0.3) is 0 Å². The van der Waals surface area contributed by atoms with E-state index in [9.17, 15) is 9.00 Å². The van der Waals surface area contributed by atoms with E-state index in [0.29, 0.717) is 16.5 Å². The lowest BCUT2D eigenvalue weighted by Crippen LogP contribution is -2.47. The van der Waals surface area contributed by atoms with Gasteiger partial charge in [-0.3, -0.25) is 9.00 Å². The molecule has 1 aromatic carbocycles. The van der Waals surface area contributed by atoms with E-state index in [1.807, 2.05) is 58.9 Å². The lowest BCUT2D eigenvalue weighted by atomic mass is 10.1. The van der Waals surface area contributed by atoms with Crippen LogP contribution in [-0.4, -0.2) is 44.5 Å². The molecule has 2 heterocycles. The van der Waals surface area contributed by atoms with Gasteiger partial charge in [0, 0.05) is 6.42 Å². The molecular formula is C20H27NO5S2. The number of esters is 1. The van der Waals surface area contributed by atoms with Crippen LogP contribution in [0.1, 0.15) is 47.5 Å². The topological polar surface area (TPSA) is 74.7 Å². The van der Waals surface area contributed by atoms with Gasteiger partial charge in [-0.1, -0.05) is 12.1 Å². The number of carbonyl (C=O) groups excluding carboxylic acids is 1. The number of thiazole rings is 1. The van der Waals surface area contributed by atoms with E-state index < -0.39 is 22.2 Å². The van der Waals surface area contributed by atoms with Crippen molar-refractivity contribution in [1.29, 1.82) is 0 Å². The molecule has 0 saturated carbocycles. The average molecular weight is 426 g/mol.